The fourth-order valence-corrected chi connectivity index (χ4v) is 2.32. The first-order valence-corrected chi connectivity index (χ1v) is 6.57. The van der Waals surface area contributed by atoms with Crippen molar-refractivity contribution < 1.29 is 19.0 Å². The Balaban J connectivity index is 1.69. The first-order chi connectivity index (χ1) is 9.11. The SMILES string of the molecule is OC1CN(Cc2nnc(-c3ccc(Br)o3)o2)CC1O. The molecule has 3 heterocycles. The number of likely N-dealkylation sites (tertiary alicyclic amines) is 1. The number of aromatic nitrogens is 2. The van der Waals surface area contributed by atoms with Crippen LogP contribution in [0.4, 0.5) is 0 Å². The third-order valence-corrected chi connectivity index (χ3v) is 3.37. The van der Waals surface area contributed by atoms with Crippen molar-refractivity contribution in [2.24, 2.45) is 0 Å². The van der Waals surface area contributed by atoms with Crippen LogP contribution in [0.2, 0.25) is 0 Å². The predicted molar refractivity (Wildman–Crippen MR) is 67.0 cm³/mol. The second-order valence-corrected chi connectivity index (χ2v) is 5.22. The van der Waals surface area contributed by atoms with Gasteiger partial charge in [0.15, 0.2) is 10.4 Å². The molecule has 0 aromatic carbocycles. The Morgan fingerprint density at radius 1 is 1.21 bits per heavy atom. The van der Waals surface area contributed by atoms with E-state index >= 15 is 0 Å². The van der Waals surface area contributed by atoms with Gasteiger partial charge < -0.3 is 19.0 Å². The lowest BCUT2D eigenvalue weighted by Crippen LogP contribution is -2.22. The van der Waals surface area contributed by atoms with Crippen LogP contribution in [0.25, 0.3) is 11.7 Å². The van der Waals surface area contributed by atoms with Gasteiger partial charge in [0.1, 0.15) is 0 Å². The van der Waals surface area contributed by atoms with E-state index in [1.807, 2.05) is 4.90 Å². The predicted octanol–water partition coefficient (Wildman–Crippen LogP) is 0.630. The van der Waals surface area contributed by atoms with Gasteiger partial charge in [-0.3, -0.25) is 4.90 Å². The summed E-state index contributed by atoms with van der Waals surface area (Å²) < 4.78 is 11.4. The van der Waals surface area contributed by atoms with Crippen LogP contribution in [0, 0.1) is 0 Å². The molecule has 19 heavy (non-hydrogen) atoms. The Hall–Kier alpha value is -1.22. The van der Waals surface area contributed by atoms with Crippen LogP contribution < -0.4 is 0 Å². The maximum Gasteiger partial charge on any atom is 0.283 e. The third-order valence-electron chi connectivity index (χ3n) is 2.94. The minimum atomic E-state index is -0.719. The molecule has 1 aliphatic heterocycles. The van der Waals surface area contributed by atoms with Crippen LogP contribution in [0.1, 0.15) is 5.89 Å². The van der Waals surface area contributed by atoms with Crippen LogP contribution in [0.5, 0.6) is 0 Å². The summed E-state index contributed by atoms with van der Waals surface area (Å²) in [6, 6.07) is 3.47. The highest BCUT2D eigenvalue weighted by atomic mass is 79.9. The highest BCUT2D eigenvalue weighted by Gasteiger charge is 2.30. The molecule has 2 unspecified atom stereocenters. The second-order valence-electron chi connectivity index (χ2n) is 4.43. The highest BCUT2D eigenvalue weighted by molar-refractivity contribution is 9.10. The zero-order valence-electron chi connectivity index (χ0n) is 9.86. The van der Waals surface area contributed by atoms with Crippen molar-refractivity contribution in [1.82, 2.24) is 15.1 Å². The molecular formula is C11H12BrN3O4. The van der Waals surface area contributed by atoms with E-state index in [0.717, 1.165) is 0 Å². The minimum Gasteiger partial charge on any atom is -0.444 e. The molecule has 102 valence electrons. The van der Waals surface area contributed by atoms with E-state index in [9.17, 15) is 10.2 Å². The van der Waals surface area contributed by atoms with Crippen molar-refractivity contribution in [3.05, 3.63) is 22.7 Å². The number of hydrogen-bond donors (Lipinski definition) is 2. The van der Waals surface area contributed by atoms with Gasteiger partial charge >= 0.3 is 0 Å². The van der Waals surface area contributed by atoms with Crippen molar-refractivity contribution in [3.8, 4) is 11.7 Å². The van der Waals surface area contributed by atoms with Gasteiger partial charge in [-0.25, -0.2) is 0 Å². The van der Waals surface area contributed by atoms with Crippen LogP contribution in [0.3, 0.4) is 0 Å². The van der Waals surface area contributed by atoms with Gasteiger partial charge in [0.05, 0.1) is 18.8 Å². The minimum absolute atomic E-state index is 0.306. The largest absolute Gasteiger partial charge is 0.444 e. The molecule has 0 spiro atoms. The molecule has 1 aliphatic rings. The van der Waals surface area contributed by atoms with E-state index < -0.39 is 12.2 Å². The van der Waals surface area contributed by atoms with E-state index in [1.54, 1.807) is 12.1 Å². The lowest BCUT2D eigenvalue weighted by atomic mass is 10.3. The summed E-state index contributed by atoms with van der Waals surface area (Å²) in [7, 11) is 0. The Kier molecular flexibility index (Phi) is 3.40. The molecule has 3 rings (SSSR count). The first-order valence-electron chi connectivity index (χ1n) is 5.78. The first kappa shape index (κ1) is 12.8. The monoisotopic (exact) mass is 329 g/mol. The molecular weight excluding hydrogens is 318 g/mol. The quantitative estimate of drug-likeness (QED) is 0.852. The van der Waals surface area contributed by atoms with E-state index in [1.165, 1.54) is 0 Å². The van der Waals surface area contributed by atoms with Gasteiger partial charge in [0.25, 0.3) is 5.89 Å². The molecule has 2 aromatic heterocycles. The van der Waals surface area contributed by atoms with Gasteiger partial charge in [-0.15, -0.1) is 10.2 Å². The summed E-state index contributed by atoms with van der Waals surface area (Å²) in [5.41, 5.74) is 0. The van der Waals surface area contributed by atoms with E-state index in [0.29, 0.717) is 41.8 Å². The van der Waals surface area contributed by atoms with Crippen molar-refractivity contribution in [3.63, 3.8) is 0 Å². The Morgan fingerprint density at radius 2 is 1.95 bits per heavy atom. The maximum atomic E-state index is 9.45. The van der Waals surface area contributed by atoms with Crippen LogP contribution in [-0.2, 0) is 6.54 Å². The van der Waals surface area contributed by atoms with E-state index in [2.05, 4.69) is 26.1 Å². The molecule has 2 atom stereocenters. The van der Waals surface area contributed by atoms with Crippen molar-refractivity contribution in [1.29, 1.82) is 0 Å². The summed E-state index contributed by atoms with van der Waals surface area (Å²) in [5.74, 6) is 1.22. The molecule has 8 heteroatoms. The van der Waals surface area contributed by atoms with Gasteiger partial charge in [-0.1, -0.05) is 0 Å². The summed E-state index contributed by atoms with van der Waals surface area (Å²) in [6.07, 6.45) is -1.44. The number of hydrogen-bond acceptors (Lipinski definition) is 7. The Morgan fingerprint density at radius 3 is 2.58 bits per heavy atom. The average Bonchev–Trinajstić information content (AvgIpc) is 3.03. The molecule has 0 saturated carbocycles. The fraction of sp³-hybridized carbons (Fsp3) is 0.455. The van der Waals surface area contributed by atoms with Gasteiger partial charge in [0.2, 0.25) is 5.89 Å². The molecule has 2 N–H and O–H groups in total. The third kappa shape index (κ3) is 2.71. The topological polar surface area (TPSA) is 95.8 Å². The lowest BCUT2D eigenvalue weighted by Gasteiger charge is -2.10. The zero-order valence-corrected chi connectivity index (χ0v) is 11.4. The number of aliphatic hydroxyl groups is 2. The Labute approximate surface area is 117 Å². The molecule has 7 nitrogen and oxygen atoms in total. The van der Waals surface area contributed by atoms with E-state index in [-0.39, 0.29) is 0 Å². The van der Waals surface area contributed by atoms with Gasteiger partial charge in [0, 0.05) is 13.1 Å². The van der Waals surface area contributed by atoms with Crippen molar-refractivity contribution >= 4 is 15.9 Å². The number of aliphatic hydroxyl groups excluding tert-OH is 2. The number of nitrogens with zero attached hydrogens (tertiary/aromatic N) is 3. The standard InChI is InChI=1S/C11H12BrN3O4/c12-9-2-1-8(18-9)11-14-13-10(19-11)5-15-3-6(16)7(17)4-15/h1-2,6-7,16-17H,3-5H2. The van der Waals surface area contributed by atoms with E-state index in [4.69, 9.17) is 8.83 Å². The molecule has 2 aromatic rings. The summed E-state index contributed by atoms with van der Waals surface area (Å²) in [4.78, 5) is 1.85. The molecule has 0 aliphatic carbocycles. The normalized spacial score (nSPS) is 24.2. The highest BCUT2D eigenvalue weighted by Crippen LogP contribution is 2.24. The van der Waals surface area contributed by atoms with Crippen molar-refractivity contribution in [2.45, 2.75) is 18.8 Å². The van der Waals surface area contributed by atoms with Crippen molar-refractivity contribution in [2.75, 3.05) is 13.1 Å². The Bertz CT molecular complexity index is 560. The average molecular weight is 330 g/mol. The fourth-order valence-electron chi connectivity index (χ4n) is 2.01. The van der Waals surface area contributed by atoms with Gasteiger partial charge in [-0.2, -0.15) is 0 Å². The smallest absolute Gasteiger partial charge is 0.283 e. The van der Waals surface area contributed by atoms with Crippen LogP contribution in [-0.4, -0.2) is 50.6 Å². The lowest BCUT2D eigenvalue weighted by molar-refractivity contribution is 0.0572. The molecule has 1 saturated heterocycles. The zero-order chi connectivity index (χ0) is 13.4. The molecule has 0 bridgehead atoms. The number of β-amino-alcohol motifs (C(OH)–C–C–N with tert-alkyl or cyclic N) is 2. The molecule has 0 radical (unpaired) electrons. The number of rotatable bonds is 3. The van der Waals surface area contributed by atoms with Gasteiger partial charge in [-0.05, 0) is 28.1 Å². The van der Waals surface area contributed by atoms with Crippen LogP contribution in [0.15, 0.2) is 25.6 Å². The summed E-state index contributed by atoms with van der Waals surface area (Å²) in [6.45, 7) is 1.18. The number of furan rings is 1. The summed E-state index contributed by atoms with van der Waals surface area (Å²) in [5, 5.41) is 26.7. The summed E-state index contributed by atoms with van der Waals surface area (Å²) >= 11 is 3.20. The number of halogens is 1. The maximum absolute atomic E-state index is 9.45. The van der Waals surface area contributed by atoms with Crippen LogP contribution >= 0.6 is 15.9 Å². The molecule has 1 fully saturated rings. The molecule has 0 amide bonds. The second kappa shape index (κ2) is 5.04.